The molecule has 0 saturated carbocycles. The molecule has 0 bridgehead atoms. The highest BCUT2D eigenvalue weighted by Gasteiger charge is 2.23. The molecule has 5 rings (SSSR count). The van der Waals surface area contributed by atoms with E-state index in [0.717, 1.165) is 34.5 Å². The molecule has 0 unspecified atom stereocenters. The smallest absolute Gasteiger partial charge is 0.340 e. The van der Waals surface area contributed by atoms with Gasteiger partial charge in [0.2, 0.25) is 5.89 Å². The van der Waals surface area contributed by atoms with Crippen LogP contribution >= 0.6 is 0 Å². The second kappa shape index (κ2) is 6.71. The monoisotopic (exact) mass is 382 g/mol. The van der Waals surface area contributed by atoms with Crippen molar-refractivity contribution in [2.75, 3.05) is 7.11 Å². The molecule has 0 amide bonds. The number of benzene rings is 3. The molecule has 0 saturated heterocycles. The maximum absolute atomic E-state index is 12.1. The third kappa shape index (κ3) is 2.83. The fourth-order valence-corrected chi connectivity index (χ4v) is 3.78. The van der Waals surface area contributed by atoms with Crippen LogP contribution in [0.1, 0.15) is 27.0 Å². The summed E-state index contributed by atoms with van der Waals surface area (Å²) in [5.74, 6) is 0.0107. The number of para-hydroxylation sites is 2. The Morgan fingerprint density at radius 1 is 1.00 bits per heavy atom. The van der Waals surface area contributed by atoms with E-state index in [-0.39, 0.29) is 0 Å². The van der Waals surface area contributed by atoms with Gasteiger partial charge in [-0.25, -0.2) is 9.78 Å². The first-order valence-electron chi connectivity index (χ1n) is 9.39. The van der Waals surface area contributed by atoms with Gasteiger partial charge in [-0.1, -0.05) is 42.5 Å². The van der Waals surface area contributed by atoms with E-state index in [4.69, 9.17) is 14.1 Å². The summed E-state index contributed by atoms with van der Waals surface area (Å²) in [6, 6.07) is 19.5. The van der Waals surface area contributed by atoms with E-state index in [9.17, 15) is 4.79 Å². The van der Waals surface area contributed by atoms with Crippen LogP contribution in [0.4, 0.5) is 5.69 Å². The Kier molecular flexibility index (Phi) is 4.02. The molecule has 2 heterocycles. The maximum atomic E-state index is 12.1. The van der Waals surface area contributed by atoms with Crippen molar-refractivity contribution in [3.8, 4) is 11.5 Å². The number of carbonyl (C=O) groups is 1. The summed E-state index contributed by atoms with van der Waals surface area (Å²) in [6.07, 6.45) is 0.766. The lowest BCUT2D eigenvalue weighted by atomic mass is 9.99. The summed E-state index contributed by atoms with van der Waals surface area (Å²) in [7, 11) is 1.36. The molecule has 5 heteroatoms. The summed E-state index contributed by atoms with van der Waals surface area (Å²) in [4.78, 5) is 21.6. The molecule has 142 valence electrons. The molecule has 0 N–H and O–H groups in total. The van der Waals surface area contributed by atoms with Gasteiger partial charge in [-0.3, -0.25) is 4.99 Å². The van der Waals surface area contributed by atoms with Gasteiger partial charge in [0.25, 0.3) is 0 Å². The van der Waals surface area contributed by atoms with E-state index in [2.05, 4.69) is 30.1 Å². The first-order chi connectivity index (χ1) is 14.2. The highest BCUT2D eigenvalue weighted by atomic mass is 16.5. The van der Waals surface area contributed by atoms with Crippen LogP contribution in [0, 0.1) is 6.92 Å². The first-order valence-corrected chi connectivity index (χ1v) is 9.39. The molecule has 5 nitrogen and oxygen atoms in total. The Hall–Kier alpha value is -3.73. The van der Waals surface area contributed by atoms with Crippen molar-refractivity contribution in [2.45, 2.75) is 13.3 Å². The van der Waals surface area contributed by atoms with Gasteiger partial charge >= 0.3 is 5.97 Å². The second-order valence-corrected chi connectivity index (χ2v) is 7.03. The zero-order chi connectivity index (χ0) is 20.0. The zero-order valence-electron chi connectivity index (χ0n) is 16.1. The largest absolute Gasteiger partial charge is 0.465 e. The predicted molar refractivity (Wildman–Crippen MR) is 112 cm³/mol. The van der Waals surface area contributed by atoms with Crippen LogP contribution in [0.3, 0.4) is 0 Å². The van der Waals surface area contributed by atoms with Crippen LogP contribution < -0.4 is 0 Å². The van der Waals surface area contributed by atoms with Gasteiger partial charge in [0, 0.05) is 6.42 Å². The number of nitrogens with zero attached hydrogens (tertiary/aromatic N) is 2. The number of aromatic nitrogens is 1. The van der Waals surface area contributed by atoms with Gasteiger partial charge in [-0.2, -0.15) is 0 Å². The zero-order valence-corrected chi connectivity index (χ0v) is 16.1. The molecule has 0 radical (unpaired) electrons. The third-order valence-corrected chi connectivity index (χ3v) is 5.23. The Bertz CT molecular complexity index is 1300. The van der Waals surface area contributed by atoms with Crippen molar-refractivity contribution < 1.29 is 13.9 Å². The average Bonchev–Trinajstić information content (AvgIpc) is 3.37. The molecule has 29 heavy (non-hydrogen) atoms. The molecule has 0 spiro atoms. The minimum absolute atomic E-state index is 0.386. The van der Waals surface area contributed by atoms with Crippen molar-refractivity contribution in [2.24, 2.45) is 4.99 Å². The number of aryl methyl sites for hydroxylation is 1. The van der Waals surface area contributed by atoms with Crippen molar-refractivity contribution in [1.82, 2.24) is 4.98 Å². The van der Waals surface area contributed by atoms with Crippen molar-refractivity contribution in [3.05, 3.63) is 82.9 Å². The third-order valence-electron chi connectivity index (χ3n) is 5.23. The summed E-state index contributed by atoms with van der Waals surface area (Å²) < 4.78 is 10.9. The Morgan fingerprint density at radius 3 is 2.62 bits per heavy atom. The SMILES string of the molecule is COC(=O)c1cccc2oc(-c3cccc4c3N=C(c3ccccc3C)C4)nc12. The molecule has 0 fully saturated rings. The number of hydrogen-bond donors (Lipinski definition) is 0. The highest BCUT2D eigenvalue weighted by Crippen LogP contribution is 2.39. The lowest BCUT2D eigenvalue weighted by molar-refractivity contribution is 0.0602. The quantitative estimate of drug-likeness (QED) is 0.453. The molecule has 3 aromatic carbocycles. The van der Waals surface area contributed by atoms with E-state index >= 15 is 0 Å². The van der Waals surface area contributed by atoms with Crippen molar-refractivity contribution in [1.29, 1.82) is 0 Å². The summed E-state index contributed by atoms with van der Waals surface area (Å²) in [5, 5.41) is 0. The molecule has 0 aliphatic carbocycles. The van der Waals surface area contributed by atoms with Crippen molar-refractivity contribution >= 4 is 28.5 Å². The minimum atomic E-state index is -0.436. The van der Waals surface area contributed by atoms with Crippen LogP contribution in [0.5, 0.6) is 0 Å². The topological polar surface area (TPSA) is 64.7 Å². The number of carbonyl (C=O) groups excluding carboxylic acids is 1. The number of hydrogen-bond acceptors (Lipinski definition) is 5. The van der Waals surface area contributed by atoms with E-state index in [1.54, 1.807) is 18.2 Å². The van der Waals surface area contributed by atoms with Crippen LogP contribution in [0.2, 0.25) is 0 Å². The predicted octanol–water partition coefficient (Wildman–Crippen LogP) is 5.27. The summed E-state index contributed by atoms with van der Waals surface area (Å²) in [6.45, 7) is 2.09. The number of ether oxygens (including phenoxy) is 1. The van der Waals surface area contributed by atoms with Crippen LogP contribution in [0.15, 0.2) is 70.1 Å². The molecule has 4 aromatic rings. The van der Waals surface area contributed by atoms with E-state index in [1.165, 1.54) is 12.7 Å². The molecule has 1 aliphatic heterocycles. The first kappa shape index (κ1) is 17.4. The lowest BCUT2D eigenvalue weighted by Gasteiger charge is -2.03. The number of fused-ring (bicyclic) bond motifs is 2. The van der Waals surface area contributed by atoms with Crippen LogP contribution in [0.25, 0.3) is 22.6 Å². The van der Waals surface area contributed by atoms with Gasteiger partial charge < -0.3 is 9.15 Å². The number of rotatable bonds is 3. The molecule has 1 aliphatic rings. The van der Waals surface area contributed by atoms with E-state index in [1.807, 2.05) is 24.3 Å². The van der Waals surface area contributed by atoms with Gasteiger partial charge in [0.15, 0.2) is 5.58 Å². The number of oxazole rings is 1. The van der Waals surface area contributed by atoms with Crippen molar-refractivity contribution in [3.63, 3.8) is 0 Å². The summed E-state index contributed by atoms with van der Waals surface area (Å²) >= 11 is 0. The van der Waals surface area contributed by atoms with Crippen LogP contribution in [-0.4, -0.2) is 23.8 Å². The van der Waals surface area contributed by atoms with Crippen LogP contribution in [-0.2, 0) is 11.2 Å². The van der Waals surface area contributed by atoms with Gasteiger partial charge in [-0.05, 0) is 41.8 Å². The number of esters is 1. The van der Waals surface area contributed by atoms with Gasteiger partial charge in [-0.15, -0.1) is 0 Å². The van der Waals surface area contributed by atoms with Gasteiger partial charge in [0.05, 0.1) is 29.6 Å². The Morgan fingerprint density at radius 2 is 1.79 bits per heavy atom. The summed E-state index contributed by atoms with van der Waals surface area (Å²) in [5.41, 5.74) is 7.64. The van der Waals surface area contributed by atoms with Gasteiger partial charge in [0.1, 0.15) is 5.52 Å². The molecular weight excluding hydrogens is 364 g/mol. The minimum Gasteiger partial charge on any atom is -0.465 e. The fourth-order valence-electron chi connectivity index (χ4n) is 3.78. The molecular formula is C24H18N2O3. The Balaban J connectivity index is 1.64. The van der Waals surface area contributed by atoms with E-state index < -0.39 is 5.97 Å². The standard InChI is InChI=1S/C24H18N2O3/c1-14-7-3-4-9-16(14)19-13-15-8-5-10-17(21(15)25-19)23-26-22-18(24(27)28-2)11-6-12-20(22)29-23/h3-12H,13H2,1-2H3. The fraction of sp³-hybridized carbons (Fsp3) is 0.125. The Labute approximate surface area is 167 Å². The normalized spacial score (nSPS) is 12.7. The maximum Gasteiger partial charge on any atom is 0.340 e. The number of methoxy groups -OCH3 is 1. The molecule has 0 atom stereocenters. The lowest BCUT2D eigenvalue weighted by Crippen LogP contribution is -2.02. The molecule has 1 aromatic heterocycles. The highest BCUT2D eigenvalue weighted by molar-refractivity contribution is 6.09. The number of aliphatic imine (C=N–C) groups is 1. The second-order valence-electron chi connectivity index (χ2n) is 7.03. The average molecular weight is 382 g/mol. The van der Waals surface area contributed by atoms with E-state index in [0.29, 0.717) is 22.6 Å².